The van der Waals surface area contributed by atoms with Crippen molar-refractivity contribution < 1.29 is 4.79 Å². The fourth-order valence-electron chi connectivity index (χ4n) is 3.55. The third-order valence-corrected chi connectivity index (χ3v) is 5.06. The second-order valence-corrected chi connectivity index (χ2v) is 6.74. The van der Waals surface area contributed by atoms with Gasteiger partial charge in [0.05, 0.1) is 5.52 Å². The molecule has 0 N–H and O–H groups in total. The maximum Gasteiger partial charge on any atom is 0.272 e. The van der Waals surface area contributed by atoms with Crippen LogP contribution in [-0.2, 0) is 0 Å². The van der Waals surface area contributed by atoms with Crippen molar-refractivity contribution in [1.29, 1.82) is 0 Å². The number of carbonyl (C=O) groups is 1. The van der Waals surface area contributed by atoms with Gasteiger partial charge in [0, 0.05) is 37.8 Å². The van der Waals surface area contributed by atoms with E-state index in [1.54, 1.807) is 0 Å². The highest BCUT2D eigenvalue weighted by Gasteiger charge is 2.27. The van der Waals surface area contributed by atoms with Crippen LogP contribution in [0.15, 0.2) is 60.8 Å². The predicted octanol–water partition coefficient (Wildman–Crippen LogP) is 3.37. The van der Waals surface area contributed by atoms with Gasteiger partial charge in [-0.15, -0.1) is 0 Å². The van der Waals surface area contributed by atoms with Gasteiger partial charge >= 0.3 is 0 Å². The first-order valence-electron chi connectivity index (χ1n) is 9.01. The summed E-state index contributed by atoms with van der Waals surface area (Å²) in [7, 11) is 1.88. The van der Waals surface area contributed by atoms with Crippen LogP contribution in [0, 0.1) is 0 Å². The van der Waals surface area contributed by atoms with Gasteiger partial charge in [0.15, 0.2) is 0 Å². The summed E-state index contributed by atoms with van der Waals surface area (Å²) in [4.78, 5) is 26.0. The van der Waals surface area contributed by atoms with E-state index in [0.29, 0.717) is 5.69 Å². The van der Waals surface area contributed by atoms with Crippen LogP contribution < -0.4 is 4.90 Å². The van der Waals surface area contributed by atoms with E-state index in [4.69, 9.17) is 0 Å². The molecule has 0 saturated carbocycles. The van der Waals surface area contributed by atoms with Crippen molar-refractivity contribution in [2.24, 2.45) is 0 Å². The Kier molecular flexibility index (Phi) is 4.52. The maximum absolute atomic E-state index is 13.0. The van der Waals surface area contributed by atoms with Crippen LogP contribution in [0.3, 0.4) is 0 Å². The number of anilines is 1. The summed E-state index contributed by atoms with van der Waals surface area (Å²) in [5.74, 6) is 0.950. The van der Waals surface area contributed by atoms with E-state index >= 15 is 0 Å². The van der Waals surface area contributed by atoms with E-state index in [-0.39, 0.29) is 11.9 Å². The number of aromatic nitrogens is 2. The zero-order chi connectivity index (χ0) is 17.9. The van der Waals surface area contributed by atoms with Crippen LogP contribution in [-0.4, -0.2) is 47.0 Å². The number of pyridine rings is 2. The molecule has 1 aliphatic heterocycles. The summed E-state index contributed by atoms with van der Waals surface area (Å²) < 4.78 is 0. The van der Waals surface area contributed by atoms with Crippen molar-refractivity contribution in [2.45, 2.75) is 18.9 Å². The lowest BCUT2D eigenvalue weighted by atomic mass is 10.0. The van der Waals surface area contributed by atoms with Gasteiger partial charge in [-0.1, -0.05) is 30.3 Å². The maximum atomic E-state index is 13.0. The van der Waals surface area contributed by atoms with Gasteiger partial charge in [-0.25, -0.2) is 9.97 Å². The molecule has 0 aliphatic carbocycles. The second kappa shape index (κ2) is 7.12. The molecular formula is C21H22N4O. The lowest BCUT2D eigenvalue weighted by Gasteiger charge is -2.38. The minimum absolute atomic E-state index is 0.0244. The quantitative estimate of drug-likeness (QED) is 0.730. The molecule has 3 heterocycles. The first-order chi connectivity index (χ1) is 12.7. The fourth-order valence-corrected chi connectivity index (χ4v) is 3.55. The molecule has 2 aromatic heterocycles. The summed E-state index contributed by atoms with van der Waals surface area (Å²) >= 11 is 0. The van der Waals surface area contributed by atoms with Gasteiger partial charge in [-0.2, -0.15) is 0 Å². The van der Waals surface area contributed by atoms with Crippen LogP contribution in [0.5, 0.6) is 0 Å². The molecule has 0 spiro atoms. The van der Waals surface area contributed by atoms with E-state index in [0.717, 1.165) is 42.7 Å². The topological polar surface area (TPSA) is 49.3 Å². The molecule has 5 nitrogen and oxygen atoms in total. The summed E-state index contributed by atoms with van der Waals surface area (Å²) in [5.41, 5.74) is 1.35. The van der Waals surface area contributed by atoms with E-state index in [1.165, 1.54) is 0 Å². The van der Waals surface area contributed by atoms with Crippen molar-refractivity contribution in [3.05, 3.63) is 66.5 Å². The first-order valence-corrected chi connectivity index (χ1v) is 9.01. The zero-order valence-corrected chi connectivity index (χ0v) is 14.9. The largest absolute Gasteiger partial charge is 0.355 e. The number of nitrogens with zero attached hydrogens (tertiary/aromatic N) is 4. The van der Waals surface area contributed by atoms with Gasteiger partial charge in [0.2, 0.25) is 0 Å². The predicted molar refractivity (Wildman–Crippen MR) is 103 cm³/mol. The number of rotatable bonds is 3. The van der Waals surface area contributed by atoms with E-state index < -0.39 is 0 Å². The molecule has 1 atom stereocenters. The molecule has 0 radical (unpaired) electrons. The van der Waals surface area contributed by atoms with Gasteiger partial charge in [-0.05, 0) is 37.1 Å². The fraction of sp³-hybridized carbons (Fsp3) is 0.286. The molecular weight excluding hydrogens is 324 g/mol. The van der Waals surface area contributed by atoms with Crippen molar-refractivity contribution >= 4 is 22.6 Å². The third kappa shape index (κ3) is 3.25. The Balaban J connectivity index is 1.52. The summed E-state index contributed by atoms with van der Waals surface area (Å²) in [6.07, 6.45) is 3.86. The Morgan fingerprint density at radius 3 is 2.81 bits per heavy atom. The lowest BCUT2D eigenvalue weighted by molar-refractivity contribution is 0.0711. The number of likely N-dealkylation sites (N-methyl/N-ethyl adjacent to an activating group) is 1. The molecule has 5 heteroatoms. The van der Waals surface area contributed by atoms with Gasteiger partial charge < -0.3 is 9.80 Å². The number of para-hydroxylation sites is 1. The molecule has 0 unspecified atom stereocenters. The van der Waals surface area contributed by atoms with Crippen LogP contribution in [0.1, 0.15) is 23.3 Å². The van der Waals surface area contributed by atoms with E-state index in [9.17, 15) is 4.79 Å². The Labute approximate surface area is 153 Å². The average Bonchev–Trinajstić information content (AvgIpc) is 2.73. The lowest BCUT2D eigenvalue weighted by Crippen LogP contribution is -2.49. The van der Waals surface area contributed by atoms with Crippen molar-refractivity contribution in [3.63, 3.8) is 0 Å². The molecule has 1 fully saturated rings. The summed E-state index contributed by atoms with van der Waals surface area (Å²) in [6.45, 7) is 1.77. The van der Waals surface area contributed by atoms with Gasteiger partial charge in [-0.3, -0.25) is 4.79 Å². The number of piperidine rings is 1. The zero-order valence-electron chi connectivity index (χ0n) is 14.9. The minimum Gasteiger partial charge on any atom is -0.355 e. The molecule has 1 aliphatic rings. The first kappa shape index (κ1) is 16.5. The Bertz CT molecular complexity index is 912. The Morgan fingerprint density at radius 2 is 1.96 bits per heavy atom. The van der Waals surface area contributed by atoms with E-state index in [1.807, 2.05) is 72.7 Å². The standard InChI is InChI=1S/C21H22N4O/c1-24(17-8-6-14-25(15-17)20-10-4-5-13-22-20)21(26)19-12-11-16-7-2-3-9-18(16)23-19/h2-5,7,9-13,17H,6,8,14-15H2,1H3/t17-/m1/s1. The highest BCUT2D eigenvalue weighted by atomic mass is 16.2. The van der Waals surface area contributed by atoms with Crippen LogP contribution in [0.4, 0.5) is 5.82 Å². The Hall–Kier alpha value is -2.95. The Morgan fingerprint density at radius 1 is 1.12 bits per heavy atom. The smallest absolute Gasteiger partial charge is 0.272 e. The molecule has 4 rings (SSSR count). The van der Waals surface area contributed by atoms with Crippen LogP contribution in [0.2, 0.25) is 0 Å². The van der Waals surface area contributed by atoms with Crippen molar-refractivity contribution in [3.8, 4) is 0 Å². The normalized spacial score (nSPS) is 17.3. The van der Waals surface area contributed by atoms with Crippen LogP contribution >= 0.6 is 0 Å². The molecule has 1 saturated heterocycles. The van der Waals surface area contributed by atoms with Gasteiger partial charge in [0.25, 0.3) is 5.91 Å². The highest BCUT2D eigenvalue weighted by Crippen LogP contribution is 2.21. The second-order valence-electron chi connectivity index (χ2n) is 6.74. The molecule has 1 aromatic carbocycles. The van der Waals surface area contributed by atoms with Gasteiger partial charge in [0.1, 0.15) is 11.5 Å². The molecule has 26 heavy (non-hydrogen) atoms. The highest BCUT2D eigenvalue weighted by molar-refractivity contribution is 5.95. The third-order valence-electron chi connectivity index (χ3n) is 5.06. The number of carbonyl (C=O) groups excluding carboxylic acids is 1. The molecule has 1 amide bonds. The average molecular weight is 346 g/mol. The summed E-state index contributed by atoms with van der Waals surface area (Å²) in [6, 6.07) is 17.8. The monoisotopic (exact) mass is 346 g/mol. The van der Waals surface area contributed by atoms with Crippen LogP contribution in [0.25, 0.3) is 10.9 Å². The van der Waals surface area contributed by atoms with Crippen molar-refractivity contribution in [1.82, 2.24) is 14.9 Å². The number of fused-ring (bicyclic) bond motifs is 1. The molecule has 0 bridgehead atoms. The number of hydrogen-bond donors (Lipinski definition) is 0. The summed E-state index contributed by atoms with van der Waals surface area (Å²) in [5, 5.41) is 1.05. The molecule has 132 valence electrons. The van der Waals surface area contributed by atoms with Crippen molar-refractivity contribution in [2.75, 3.05) is 25.0 Å². The van der Waals surface area contributed by atoms with E-state index in [2.05, 4.69) is 14.9 Å². The minimum atomic E-state index is -0.0244. The number of hydrogen-bond acceptors (Lipinski definition) is 4. The number of benzene rings is 1. The SMILES string of the molecule is CN(C(=O)c1ccc2ccccc2n1)[C@@H]1CCCN(c2ccccn2)C1. The molecule has 3 aromatic rings. The number of amides is 1.